The SMILES string of the molecule is COc1ccc(/C=C/C(=O)N2CCN(CC(=O)Nc3ccccc3Cl)CC2)cc1. The fraction of sp³-hybridized carbons (Fsp3) is 0.273. The Bertz CT molecular complexity index is 875. The standard InChI is InChI=1S/C22H24ClN3O3/c1-29-18-9-6-17(7-10-18)8-11-22(28)26-14-12-25(13-15-26)16-21(27)24-20-5-3-2-4-19(20)23/h2-11H,12-16H2,1H3,(H,24,27)/b11-8+. The van der Waals surface area contributed by atoms with Crippen molar-refractivity contribution in [1.82, 2.24) is 9.80 Å². The molecule has 1 saturated heterocycles. The third-order valence-corrected chi connectivity index (χ3v) is 5.06. The Balaban J connectivity index is 1.44. The van der Waals surface area contributed by atoms with E-state index < -0.39 is 0 Å². The number of hydrogen-bond donors (Lipinski definition) is 1. The van der Waals surface area contributed by atoms with E-state index in [1.54, 1.807) is 36.3 Å². The van der Waals surface area contributed by atoms with Gasteiger partial charge in [-0.2, -0.15) is 0 Å². The van der Waals surface area contributed by atoms with Crippen LogP contribution in [0.5, 0.6) is 5.75 Å². The maximum atomic E-state index is 12.4. The third kappa shape index (κ3) is 6.07. The van der Waals surface area contributed by atoms with Gasteiger partial charge in [0.05, 0.1) is 24.4 Å². The van der Waals surface area contributed by atoms with Gasteiger partial charge >= 0.3 is 0 Å². The molecule has 1 aliphatic heterocycles. The quantitative estimate of drug-likeness (QED) is 0.739. The number of nitrogens with zero attached hydrogens (tertiary/aromatic N) is 2. The van der Waals surface area contributed by atoms with E-state index in [-0.39, 0.29) is 18.4 Å². The Morgan fingerprint density at radius 2 is 1.76 bits per heavy atom. The number of para-hydroxylation sites is 1. The number of ether oxygens (including phenoxy) is 1. The monoisotopic (exact) mass is 413 g/mol. The number of halogens is 1. The predicted octanol–water partition coefficient (Wildman–Crippen LogP) is 3.14. The van der Waals surface area contributed by atoms with Crippen molar-refractivity contribution in [1.29, 1.82) is 0 Å². The molecular weight excluding hydrogens is 390 g/mol. The molecule has 1 fully saturated rings. The number of anilines is 1. The molecule has 1 heterocycles. The summed E-state index contributed by atoms with van der Waals surface area (Å²) in [6.45, 7) is 2.75. The highest BCUT2D eigenvalue weighted by Crippen LogP contribution is 2.20. The average Bonchev–Trinajstić information content (AvgIpc) is 2.74. The number of carbonyl (C=O) groups excluding carboxylic acids is 2. The lowest BCUT2D eigenvalue weighted by molar-refractivity contribution is -0.127. The van der Waals surface area contributed by atoms with Gasteiger partial charge in [0.25, 0.3) is 0 Å². The van der Waals surface area contributed by atoms with Crippen LogP contribution >= 0.6 is 11.6 Å². The summed E-state index contributed by atoms with van der Waals surface area (Å²) in [4.78, 5) is 28.5. The molecule has 0 aliphatic carbocycles. The van der Waals surface area contributed by atoms with E-state index in [1.165, 1.54) is 0 Å². The van der Waals surface area contributed by atoms with Gasteiger partial charge in [-0.05, 0) is 35.9 Å². The molecule has 0 atom stereocenters. The van der Waals surface area contributed by atoms with Gasteiger partial charge in [-0.25, -0.2) is 0 Å². The van der Waals surface area contributed by atoms with Crippen LogP contribution < -0.4 is 10.1 Å². The zero-order valence-electron chi connectivity index (χ0n) is 16.3. The minimum absolute atomic E-state index is 0.0269. The van der Waals surface area contributed by atoms with Crippen molar-refractivity contribution in [2.24, 2.45) is 0 Å². The number of benzene rings is 2. The van der Waals surface area contributed by atoms with Gasteiger partial charge in [-0.1, -0.05) is 35.9 Å². The molecule has 0 bridgehead atoms. The van der Waals surface area contributed by atoms with E-state index in [2.05, 4.69) is 5.32 Å². The summed E-state index contributed by atoms with van der Waals surface area (Å²) in [6.07, 6.45) is 3.38. The minimum atomic E-state index is -0.114. The number of rotatable bonds is 6. The van der Waals surface area contributed by atoms with Crippen molar-refractivity contribution in [3.05, 3.63) is 65.2 Å². The summed E-state index contributed by atoms with van der Waals surface area (Å²) in [5.41, 5.74) is 1.55. The summed E-state index contributed by atoms with van der Waals surface area (Å²) in [6, 6.07) is 14.7. The van der Waals surface area contributed by atoms with Crippen LogP contribution in [-0.2, 0) is 9.59 Å². The topological polar surface area (TPSA) is 61.9 Å². The molecule has 2 aromatic carbocycles. The lowest BCUT2D eigenvalue weighted by atomic mass is 10.2. The number of nitrogens with one attached hydrogen (secondary N) is 1. The van der Waals surface area contributed by atoms with Gasteiger partial charge in [0, 0.05) is 32.3 Å². The summed E-state index contributed by atoms with van der Waals surface area (Å²) < 4.78 is 5.13. The highest BCUT2D eigenvalue weighted by Gasteiger charge is 2.21. The summed E-state index contributed by atoms with van der Waals surface area (Å²) >= 11 is 6.07. The van der Waals surface area contributed by atoms with Crippen molar-refractivity contribution < 1.29 is 14.3 Å². The molecule has 7 heteroatoms. The first kappa shape index (κ1) is 20.9. The molecule has 3 rings (SSSR count). The molecule has 0 saturated carbocycles. The first-order valence-electron chi connectivity index (χ1n) is 9.43. The van der Waals surface area contributed by atoms with E-state index in [9.17, 15) is 9.59 Å². The second-order valence-electron chi connectivity index (χ2n) is 6.74. The normalized spacial score (nSPS) is 14.8. The molecule has 2 amide bonds. The van der Waals surface area contributed by atoms with Gasteiger partial charge in [0.15, 0.2) is 0 Å². The van der Waals surface area contributed by atoms with Crippen molar-refractivity contribution in [3.8, 4) is 5.75 Å². The van der Waals surface area contributed by atoms with Crippen LogP contribution in [0.2, 0.25) is 5.02 Å². The summed E-state index contributed by atoms with van der Waals surface area (Å²) in [7, 11) is 1.62. The fourth-order valence-electron chi connectivity index (χ4n) is 3.07. The van der Waals surface area contributed by atoms with Crippen molar-refractivity contribution in [2.75, 3.05) is 45.2 Å². The third-order valence-electron chi connectivity index (χ3n) is 4.73. The maximum absolute atomic E-state index is 12.4. The highest BCUT2D eigenvalue weighted by atomic mass is 35.5. The van der Waals surface area contributed by atoms with Crippen molar-refractivity contribution in [3.63, 3.8) is 0 Å². The van der Waals surface area contributed by atoms with E-state index in [1.807, 2.05) is 41.3 Å². The number of piperazine rings is 1. The minimum Gasteiger partial charge on any atom is -0.497 e. The van der Waals surface area contributed by atoms with Crippen LogP contribution in [0.3, 0.4) is 0 Å². The lowest BCUT2D eigenvalue weighted by Crippen LogP contribution is -2.50. The Morgan fingerprint density at radius 1 is 1.07 bits per heavy atom. The molecular formula is C22H24ClN3O3. The van der Waals surface area contributed by atoms with Gasteiger partial charge < -0.3 is 15.0 Å². The van der Waals surface area contributed by atoms with Crippen LogP contribution in [0.1, 0.15) is 5.56 Å². The van der Waals surface area contributed by atoms with E-state index in [4.69, 9.17) is 16.3 Å². The number of amides is 2. The van der Waals surface area contributed by atoms with E-state index >= 15 is 0 Å². The average molecular weight is 414 g/mol. The Labute approximate surface area is 175 Å². The predicted molar refractivity (Wildman–Crippen MR) is 115 cm³/mol. The van der Waals surface area contributed by atoms with Crippen LogP contribution in [-0.4, -0.2) is 61.4 Å². The molecule has 1 N–H and O–H groups in total. The van der Waals surface area contributed by atoms with Gasteiger partial charge in [0.1, 0.15) is 5.75 Å². The number of methoxy groups -OCH3 is 1. The maximum Gasteiger partial charge on any atom is 0.246 e. The molecule has 0 unspecified atom stereocenters. The second-order valence-corrected chi connectivity index (χ2v) is 7.14. The zero-order valence-corrected chi connectivity index (χ0v) is 17.1. The number of carbonyl (C=O) groups is 2. The molecule has 1 aliphatic rings. The van der Waals surface area contributed by atoms with E-state index in [0.717, 1.165) is 11.3 Å². The Kier molecular flexibility index (Phi) is 7.27. The first-order valence-corrected chi connectivity index (χ1v) is 9.81. The van der Waals surface area contributed by atoms with Gasteiger partial charge in [-0.15, -0.1) is 0 Å². The Hall–Kier alpha value is -2.83. The Morgan fingerprint density at radius 3 is 2.41 bits per heavy atom. The second kappa shape index (κ2) is 10.1. The van der Waals surface area contributed by atoms with Crippen LogP contribution in [0.25, 0.3) is 6.08 Å². The van der Waals surface area contributed by atoms with Gasteiger partial charge in [-0.3, -0.25) is 14.5 Å². The van der Waals surface area contributed by atoms with Crippen molar-refractivity contribution in [2.45, 2.75) is 0 Å². The molecule has 6 nitrogen and oxygen atoms in total. The van der Waals surface area contributed by atoms with Gasteiger partial charge in [0.2, 0.25) is 11.8 Å². The smallest absolute Gasteiger partial charge is 0.246 e. The van der Waals surface area contributed by atoms with Crippen LogP contribution in [0.15, 0.2) is 54.6 Å². The lowest BCUT2D eigenvalue weighted by Gasteiger charge is -2.33. The first-order chi connectivity index (χ1) is 14.0. The molecule has 29 heavy (non-hydrogen) atoms. The molecule has 0 spiro atoms. The fourth-order valence-corrected chi connectivity index (χ4v) is 3.25. The largest absolute Gasteiger partial charge is 0.497 e. The van der Waals surface area contributed by atoms with E-state index in [0.29, 0.717) is 36.9 Å². The summed E-state index contributed by atoms with van der Waals surface area (Å²) in [5, 5.41) is 3.34. The molecule has 0 aromatic heterocycles. The molecule has 152 valence electrons. The summed E-state index contributed by atoms with van der Waals surface area (Å²) in [5.74, 6) is 0.640. The zero-order chi connectivity index (χ0) is 20.6. The van der Waals surface area contributed by atoms with Crippen molar-refractivity contribution >= 4 is 35.2 Å². The highest BCUT2D eigenvalue weighted by molar-refractivity contribution is 6.33. The van der Waals surface area contributed by atoms with Crippen LogP contribution in [0, 0.1) is 0 Å². The number of hydrogen-bond acceptors (Lipinski definition) is 4. The molecule has 0 radical (unpaired) electrons. The van der Waals surface area contributed by atoms with Crippen LogP contribution in [0.4, 0.5) is 5.69 Å². The molecule has 2 aromatic rings.